The van der Waals surface area contributed by atoms with E-state index in [9.17, 15) is 5.11 Å². The highest BCUT2D eigenvalue weighted by atomic mass is 16.3. The molecule has 0 atom stereocenters. The highest BCUT2D eigenvalue weighted by molar-refractivity contribution is 5.47. The number of para-hydroxylation sites is 2. The van der Waals surface area contributed by atoms with Crippen molar-refractivity contribution in [2.45, 2.75) is 18.4 Å². The number of nitrogens with zero attached hydrogens (tertiary/aromatic N) is 2. The van der Waals surface area contributed by atoms with Gasteiger partial charge in [0.15, 0.2) is 0 Å². The number of rotatable bonds is 2. The third-order valence-corrected chi connectivity index (χ3v) is 3.05. The lowest BCUT2D eigenvalue weighted by atomic mass is 10.2. The Kier molecular flexibility index (Phi) is 1.82. The molecule has 1 aromatic heterocycles. The van der Waals surface area contributed by atoms with Crippen LogP contribution in [0.15, 0.2) is 36.5 Å². The summed E-state index contributed by atoms with van der Waals surface area (Å²) in [4.78, 5) is 0. The van der Waals surface area contributed by atoms with E-state index in [0.29, 0.717) is 5.69 Å². The molecule has 1 heterocycles. The van der Waals surface area contributed by atoms with E-state index in [1.165, 1.54) is 0 Å². The van der Waals surface area contributed by atoms with Gasteiger partial charge in [-0.2, -0.15) is 5.10 Å². The Hall–Kier alpha value is -1.81. The lowest BCUT2D eigenvalue weighted by Gasteiger charge is -2.13. The largest absolute Gasteiger partial charge is 0.506 e. The summed E-state index contributed by atoms with van der Waals surface area (Å²) in [5.74, 6) is 0.219. The smallest absolute Gasteiger partial charge is 0.141 e. The van der Waals surface area contributed by atoms with Gasteiger partial charge in [-0.1, -0.05) is 12.1 Å². The number of hydrogen-bond donors (Lipinski definition) is 2. The Bertz CT molecular complexity index is 529. The standard InChI is InChI=1S/C12H13N3O/c13-12(6-7-12)11-5-8-14-15(11)9-3-1-2-4-10(9)16/h1-5,8,16H,6-7,13H2. The zero-order valence-electron chi connectivity index (χ0n) is 8.80. The van der Waals surface area contributed by atoms with Crippen molar-refractivity contribution in [3.05, 3.63) is 42.2 Å². The van der Waals surface area contributed by atoms with Crippen LogP contribution in [0.25, 0.3) is 5.69 Å². The van der Waals surface area contributed by atoms with Crippen LogP contribution >= 0.6 is 0 Å². The predicted octanol–water partition coefficient (Wildman–Crippen LogP) is 1.53. The van der Waals surface area contributed by atoms with Crippen LogP contribution in [0.5, 0.6) is 5.75 Å². The number of aromatic hydroxyl groups is 1. The van der Waals surface area contributed by atoms with Crippen molar-refractivity contribution in [2.24, 2.45) is 5.73 Å². The van der Waals surface area contributed by atoms with Crippen LogP contribution in [-0.2, 0) is 5.54 Å². The SMILES string of the molecule is NC1(c2ccnn2-c2ccccc2O)CC1. The molecule has 0 spiro atoms. The molecule has 0 aliphatic heterocycles. The van der Waals surface area contributed by atoms with Crippen molar-refractivity contribution in [2.75, 3.05) is 0 Å². The number of hydrogen-bond acceptors (Lipinski definition) is 3. The van der Waals surface area contributed by atoms with Crippen LogP contribution < -0.4 is 5.73 Å². The second-order valence-corrected chi connectivity index (χ2v) is 4.27. The summed E-state index contributed by atoms with van der Waals surface area (Å²) in [7, 11) is 0. The van der Waals surface area contributed by atoms with Gasteiger partial charge in [0.25, 0.3) is 0 Å². The fourth-order valence-electron chi connectivity index (χ4n) is 1.91. The molecule has 1 aliphatic carbocycles. The fraction of sp³-hybridized carbons (Fsp3) is 0.250. The molecule has 1 saturated carbocycles. The molecule has 4 heteroatoms. The van der Waals surface area contributed by atoms with Gasteiger partial charge in [-0.3, -0.25) is 0 Å². The van der Waals surface area contributed by atoms with Crippen molar-refractivity contribution < 1.29 is 5.11 Å². The quantitative estimate of drug-likeness (QED) is 0.798. The maximum atomic E-state index is 9.79. The van der Waals surface area contributed by atoms with E-state index >= 15 is 0 Å². The van der Waals surface area contributed by atoms with E-state index in [1.807, 2.05) is 18.2 Å². The fourth-order valence-corrected chi connectivity index (χ4v) is 1.91. The summed E-state index contributed by atoms with van der Waals surface area (Å²) in [6.45, 7) is 0. The first-order valence-electron chi connectivity index (χ1n) is 5.32. The topological polar surface area (TPSA) is 64.1 Å². The highest BCUT2D eigenvalue weighted by Crippen LogP contribution is 2.43. The number of benzene rings is 1. The highest BCUT2D eigenvalue weighted by Gasteiger charge is 2.43. The van der Waals surface area contributed by atoms with Crippen LogP contribution in [-0.4, -0.2) is 14.9 Å². The Morgan fingerprint density at radius 3 is 2.69 bits per heavy atom. The molecule has 0 unspecified atom stereocenters. The monoisotopic (exact) mass is 215 g/mol. The lowest BCUT2D eigenvalue weighted by Crippen LogP contribution is -2.22. The van der Waals surface area contributed by atoms with Crippen LogP contribution in [0.1, 0.15) is 18.5 Å². The molecule has 1 aliphatic rings. The van der Waals surface area contributed by atoms with Crippen molar-refractivity contribution in [3.8, 4) is 11.4 Å². The third-order valence-electron chi connectivity index (χ3n) is 3.05. The molecule has 2 aromatic rings. The van der Waals surface area contributed by atoms with Gasteiger partial charge in [-0.15, -0.1) is 0 Å². The minimum atomic E-state index is -0.251. The van der Waals surface area contributed by atoms with Crippen molar-refractivity contribution in [1.82, 2.24) is 9.78 Å². The first kappa shape index (κ1) is 9.42. The van der Waals surface area contributed by atoms with Crippen LogP contribution in [0.3, 0.4) is 0 Å². The van der Waals surface area contributed by atoms with E-state index < -0.39 is 0 Å². The maximum Gasteiger partial charge on any atom is 0.141 e. The minimum absolute atomic E-state index is 0.219. The Morgan fingerprint density at radius 2 is 2.00 bits per heavy atom. The molecule has 1 fully saturated rings. The van der Waals surface area contributed by atoms with Gasteiger partial charge >= 0.3 is 0 Å². The van der Waals surface area contributed by atoms with Crippen LogP contribution in [0, 0.1) is 0 Å². The first-order chi connectivity index (χ1) is 7.71. The normalized spacial score (nSPS) is 17.3. The molecular formula is C12H13N3O. The van der Waals surface area contributed by atoms with Gasteiger partial charge in [0.05, 0.1) is 11.2 Å². The molecule has 0 radical (unpaired) electrons. The summed E-state index contributed by atoms with van der Waals surface area (Å²) < 4.78 is 1.72. The Balaban J connectivity index is 2.14. The number of phenols is 1. The van der Waals surface area contributed by atoms with E-state index in [2.05, 4.69) is 5.10 Å². The molecule has 0 saturated heterocycles. The van der Waals surface area contributed by atoms with E-state index in [1.54, 1.807) is 23.0 Å². The molecule has 82 valence electrons. The zero-order valence-corrected chi connectivity index (χ0v) is 8.80. The van der Waals surface area contributed by atoms with E-state index in [-0.39, 0.29) is 11.3 Å². The van der Waals surface area contributed by atoms with Gasteiger partial charge < -0.3 is 10.8 Å². The summed E-state index contributed by atoms with van der Waals surface area (Å²) in [6.07, 6.45) is 3.67. The number of nitrogens with two attached hydrogens (primary N) is 1. The third kappa shape index (κ3) is 1.31. The van der Waals surface area contributed by atoms with Gasteiger partial charge in [0.1, 0.15) is 11.4 Å². The van der Waals surface area contributed by atoms with E-state index in [0.717, 1.165) is 18.5 Å². The van der Waals surface area contributed by atoms with Crippen molar-refractivity contribution >= 4 is 0 Å². The minimum Gasteiger partial charge on any atom is -0.506 e. The maximum absolute atomic E-state index is 9.79. The number of phenolic OH excluding ortho intramolecular Hbond substituents is 1. The van der Waals surface area contributed by atoms with Crippen LogP contribution in [0.2, 0.25) is 0 Å². The average molecular weight is 215 g/mol. The summed E-state index contributed by atoms with van der Waals surface area (Å²) in [6, 6.07) is 9.06. The molecule has 0 bridgehead atoms. The van der Waals surface area contributed by atoms with Gasteiger partial charge in [-0.25, -0.2) is 4.68 Å². The van der Waals surface area contributed by atoms with Crippen molar-refractivity contribution in [3.63, 3.8) is 0 Å². The second kappa shape index (κ2) is 3.09. The molecular weight excluding hydrogens is 202 g/mol. The lowest BCUT2D eigenvalue weighted by molar-refractivity contribution is 0.468. The molecule has 4 nitrogen and oxygen atoms in total. The summed E-state index contributed by atoms with van der Waals surface area (Å²) in [5.41, 5.74) is 7.55. The van der Waals surface area contributed by atoms with Gasteiger partial charge in [-0.05, 0) is 31.0 Å². The summed E-state index contributed by atoms with van der Waals surface area (Å²) >= 11 is 0. The molecule has 3 N–H and O–H groups in total. The molecule has 0 amide bonds. The van der Waals surface area contributed by atoms with Crippen LogP contribution in [0.4, 0.5) is 0 Å². The zero-order chi connectivity index (χ0) is 11.2. The predicted molar refractivity (Wildman–Crippen MR) is 60.3 cm³/mol. The summed E-state index contributed by atoms with van der Waals surface area (Å²) in [5, 5.41) is 14.0. The van der Waals surface area contributed by atoms with Crippen molar-refractivity contribution in [1.29, 1.82) is 0 Å². The molecule has 3 rings (SSSR count). The Morgan fingerprint density at radius 1 is 1.25 bits per heavy atom. The van der Waals surface area contributed by atoms with Gasteiger partial charge in [0.2, 0.25) is 0 Å². The molecule has 1 aromatic carbocycles. The van der Waals surface area contributed by atoms with E-state index in [4.69, 9.17) is 5.73 Å². The average Bonchev–Trinajstić information content (AvgIpc) is 2.84. The molecule has 16 heavy (non-hydrogen) atoms. The Labute approximate surface area is 93.3 Å². The second-order valence-electron chi connectivity index (χ2n) is 4.27. The van der Waals surface area contributed by atoms with Gasteiger partial charge in [0, 0.05) is 6.20 Å². The first-order valence-corrected chi connectivity index (χ1v) is 5.32. The number of aromatic nitrogens is 2.